The van der Waals surface area contributed by atoms with Gasteiger partial charge in [-0.15, -0.1) is 0 Å². The van der Waals surface area contributed by atoms with Gasteiger partial charge in [-0.05, 0) is 19.8 Å². The topological polar surface area (TPSA) is 63.6 Å². The third-order valence-electron chi connectivity index (χ3n) is 1.41. The Kier molecular flexibility index (Phi) is 5.11. The predicted octanol–water partition coefficient (Wildman–Crippen LogP) is 1.44. The molecule has 0 aliphatic carbocycles. The van der Waals surface area contributed by atoms with Crippen LogP contribution in [0.1, 0.15) is 33.6 Å². The van der Waals surface area contributed by atoms with E-state index in [9.17, 15) is 9.59 Å². The van der Waals surface area contributed by atoms with Crippen LogP contribution in [0.5, 0.6) is 0 Å². The summed E-state index contributed by atoms with van der Waals surface area (Å²) >= 11 is 0. The van der Waals surface area contributed by atoms with Gasteiger partial charge in [0.25, 0.3) is 0 Å². The highest BCUT2D eigenvalue weighted by Crippen LogP contribution is 2.09. The second kappa shape index (κ2) is 5.56. The highest BCUT2D eigenvalue weighted by atomic mass is 16.5. The number of esters is 1. The van der Waals surface area contributed by atoms with E-state index in [0.717, 1.165) is 0 Å². The molecular weight excluding hydrogens is 172 g/mol. The Balaban J connectivity index is 3.71. The van der Waals surface area contributed by atoms with Crippen LogP contribution in [0, 0.1) is 5.92 Å². The van der Waals surface area contributed by atoms with Gasteiger partial charge >= 0.3 is 11.9 Å². The monoisotopic (exact) mass is 188 g/mol. The minimum atomic E-state index is -0.884. The summed E-state index contributed by atoms with van der Waals surface area (Å²) in [5, 5.41) is 8.43. The number of carbonyl (C=O) groups is 2. The third-order valence-corrected chi connectivity index (χ3v) is 1.41. The largest absolute Gasteiger partial charge is 0.481 e. The van der Waals surface area contributed by atoms with Crippen LogP contribution in [0.15, 0.2) is 0 Å². The maximum absolute atomic E-state index is 11.0. The minimum Gasteiger partial charge on any atom is -0.481 e. The minimum absolute atomic E-state index is 0.00714. The zero-order chi connectivity index (χ0) is 10.4. The van der Waals surface area contributed by atoms with E-state index in [1.54, 1.807) is 20.8 Å². The van der Waals surface area contributed by atoms with Crippen LogP contribution in [-0.4, -0.2) is 23.1 Å². The van der Waals surface area contributed by atoms with Crippen LogP contribution in [0.3, 0.4) is 0 Å². The molecule has 0 fully saturated rings. The lowest BCUT2D eigenvalue weighted by atomic mass is 10.0. The fourth-order valence-electron chi connectivity index (χ4n) is 0.966. The molecule has 1 atom stereocenters. The molecule has 0 rings (SSSR count). The smallest absolute Gasteiger partial charge is 0.306 e. The van der Waals surface area contributed by atoms with Crippen molar-refractivity contribution >= 4 is 11.9 Å². The number of aliphatic carboxylic acids is 1. The second-order valence-corrected chi connectivity index (χ2v) is 3.45. The van der Waals surface area contributed by atoms with Crippen LogP contribution in [0.25, 0.3) is 0 Å². The molecule has 0 aliphatic heterocycles. The van der Waals surface area contributed by atoms with Gasteiger partial charge in [0.05, 0.1) is 6.10 Å². The summed E-state index contributed by atoms with van der Waals surface area (Å²) in [4.78, 5) is 21.3. The van der Waals surface area contributed by atoms with Crippen molar-refractivity contribution in [2.75, 3.05) is 0 Å². The number of rotatable bonds is 5. The van der Waals surface area contributed by atoms with E-state index in [4.69, 9.17) is 9.84 Å². The average Bonchev–Trinajstić information content (AvgIpc) is 1.80. The lowest BCUT2D eigenvalue weighted by Gasteiger charge is -2.10. The Bertz CT molecular complexity index is 186. The normalized spacial score (nSPS) is 12.6. The van der Waals surface area contributed by atoms with E-state index in [0.29, 0.717) is 0 Å². The number of ether oxygens (including phenoxy) is 1. The molecule has 13 heavy (non-hydrogen) atoms. The van der Waals surface area contributed by atoms with E-state index in [-0.39, 0.29) is 30.8 Å². The van der Waals surface area contributed by atoms with Gasteiger partial charge in [-0.2, -0.15) is 0 Å². The van der Waals surface area contributed by atoms with Crippen molar-refractivity contribution in [2.45, 2.75) is 39.7 Å². The Morgan fingerprint density at radius 1 is 1.23 bits per heavy atom. The molecule has 0 unspecified atom stereocenters. The Morgan fingerprint density at radius 2 is 1.77 bits per heavy atom. The molecular formula is C9H16O4. The molecule has 76 valence electrons. The van der Waals surface area contributed by atoms with E-state index < -0.39 is 5.97 Å². The predicted molar refractivity (Wildman–Crippen MR) is 47.3 cm³/mol. The highest BCUT2D eigenvalue weighted by Gasteiger charge is 2.14. The number of carboxylic acids is 1. The van der Waals surface area contributed by atoms with Crippen molar-refractivity contribution in [3.05, 3.63) is 0 Å². The van der Waals surface area contributed by atoms with Gasteiger partial charge in [-0.25, -0.2) is 0 Å². The van der Waals surface area contributed by atoms with Gasteiger partial charge in [0.1, 0.15) is 0 Å². The maximum Gasteiger partial charge on any atom is 0.306 e. The molecule has 0 spiro atoms. The summed E-state index contributed by atoms with van der Waals surface area (Å²) in [7, 11) is 0. The fraction of sp³-hybridized carbons (Fsp3) is 0.778. The first-order chi connectivity index (χ1) is 5.91. The Hall–Kier alpha value is -1.06. The summed E-state index contributed by atoms with van der Waals surface area (Å²) in [5.41, 5.74) is 0. The first-order valence-electron chi connectivity index (χ1n) is 4.33. The van der Waals surface area contributed by atoms with Gasteiger partial charge in [0.2, 0.25) is 0 Å². The Labute approximate surface area is 77.9 Å². The molecule has 4 heteroatoms. The van der Waals surface area contributed by atoms with Gasteiger partial charge in [-0.3, -0.25) is 9.59 Å². The standard InChI is InChI=1S/C9H16O4/c1-6(2)13-9(12)5-7(3)4-8(10)11/h6-7H,4-5H2,1-3H3,(H,10,11)/t7-/m0/s1. The molecule has 0 aromatic rings. The van der Waals surface area contributed by atoms with Gasteiger partial charge in [0.15, 0.2) is 0 Å². The first kappa shape index (κ1) is 11.9. The summed E-state index contributed by atoms with van der Waals surface area (Å²) in [6.07, 6.45) is 0.0436. The molecule has 0 aromatic carbocycles. The van der Waals surface area contributed by atoms with Gasteiger partial charge in [-0.1, -0.05) is 6.92 Å². The molecule has 0 amide bonds. The molecule has 0 saturated heterocycles. The van der Waals surface area contributed by atoms with Crippen molar-refractivity contribution in [1.29, 1.82) is 0 Å². The number of carbonyl (C=O) groups excluding carboxylic acids is 1. The zero-order valence-electron chi connectivity index (χ0n) is 8.24. The molecule has 0 bridgehead atoms. The van der Waals surface area contributed by atoms with Crippen molar-refractivity contribution < 1.29 is 19.4 Å². The van der Waals surface area contributed by atoms with Crippen LogP contribution in [0.4, 0.5) is 0 Å². The number of hydrogen-bond acceptors (Lipinski definition) is 3. The summed E-state index contributed by atoms with van der Waals surface area (Å²) in [6, 6.07) is 0. The molecule has 4 nitrogen and oxygen atoms in total. The number of hydrogen-bond donors (Lipinski definition) is 1. The third kappa shape index (κ3) is 7.31. The number of carboxylic acid groups (broad SMARTS) is 1. The van der Waals surface area contributed by atoms with Crippen LogP contribution in [0.2, 0.25) is 0 Å². The van der Waals surface area contributed by atoms with E-state index >= 15 is 0 Å². The summed E-state index contributed by atoms with van der Waals surface area (Å²) in [6.45, 7) is 5.25. The highest BCUT2D eigenvalue weighted by molar-refractivity contribution is 5.72. The summed E-state index contributed by atoms with van der Waals surface area (Å²) < 4.78 is 4.87. The molecule has 0 saturated carbocycles. The molecule has 1 N–H and O–H groups in total. The maximum atomic E-state index is 11.0. The quantitative estimate of drug-likeness (QED) is 0.663. The van der Waals surface area contributed by atoms with Crippen LogP contribution < -0.4 is 0 Å². The van der Waals surface area contributed by atoms with Crippen molar-refractivity contribution in [3.63, 3.8) is 0 Å². The second-order valence-electron chi connectivity index (χ2n) is 3.45. The van der Waals surface area contributed by atoms with Crippen molar-refractivity contribution in [3.8, 4) is 0 Å². The first-order valence-corrected chi connectivity index (χ1v) is 4.33. The Morgan fingerprint density at radius 3 is 2.15 bits per heavy atom. The molecule has 0 heterocycles. The van der Waals surface area contributed by atoms with Crippen LogP contribution >= 0.6 is 0 Å². The van der Waals surface area contributed by atoms with E-state index in [2.05, 4.69) is 0 Å². The van der Waals surface area contributed by atoms with E-state index in [1.165, 1.54) is 0 Å². The van der Waals surface area contributed by atoms with E-state index in [1.807, 2.05) is 0 Å². The zero-order valence-corrected chi connectivity index (χ0v) is 8.24. The lowest BCUT2D eigenvalue weighted by molar-refractivity contribution is -0.148. The molecule has 0 radical (unpaired) electrons. The molecule has 0 aromatic heterocycles. The van der Waals surface area contributed by atoms with Crippen molar-refractivity contribution in [2.24, 2.45) is 5.92 Å². The van der Waals surface area contributed by atoms with Crippen molar-refractivity contribution in [1.82, 2.24) is 0 Å². The molecule has 0 aliphatic rings. The van der Waals surface area contributed by atoms with Crippen LogP contribution in [-0.2, 0) is 14.3 Å². The summed E-state index contributed by atoms with van der Waals surface area (Å²) in [5.74, 6) is -1.38. The fourth-order valence-corrected chi connectivity index (χ4v) is 0.966. The van der Waals surface area contributed by atoms with Gasteiger partial charge < -0.3 is 9.84 Å². The average molecular weight is 188 g/mol. The SMILES string of the molecule is CC(C)OC(=O)C[C@@H](C)CC(=O)O. The van der Waals surface area contributed by atoms with Gasteiger partial charge in [0, 0.05) is 12.8 Å². The lowest BCUT2D eigenvalue weighted by Crippen LogP contribution is -2.16.